The molecule has 0 aliphatic heterocycles. The number of alkyl halides is 3. The van der Waals surface area contributed by atoms with Crippen molar-refractivity contribution < 1.29 is 82.6 Å². The Morgan fingerprint density at radius 1 is 1.06 bits per heavy atom. The van der Waals surface area contributed by atoms with Crippen molar-refractivity contribution in [2.24, 2.45) is 0 Å². The molecule has 0 aliphatic rings. The average molecular weight is 268 g/mol. The SMILES string of the molecule is Oc1cccc(C(F)(F)F)c1[B-](F)(F)F.[K+]. The van der Waals surface area contributed by atoms with E-state index in [4.69, 9.17) is 5.11 Å². The Morgan fingerprint density at radius 2 is 1.56 bits per heavy atom. The maximum atomic E-state index is 12.2. The molecule has 0 amide bonds. The zero-order valence-corrected chi connectivity index (χ0v) is 11.1. The standard InChI is InChI=1S/C7H4BF6O.K/c9-7(10,11)4-2-1-3-5(15)6(4)8(12,13)14;/h1-3,15H;/q-1;+1. The fourth-order valence-electron chi connectivity index (χ4n) is 1.14. The largest absolute Gasteiger partial charge is 1.00 e. The minimum atomic E-state index is -5.90. The fourth-order valence-corrected chi connectivity index (χ4v) is 1.14. The molecule has 0 unspecified atom stereocenters. The zero-order valence-electron chi connectivity index (χ0n) is 8.02. The Balaban J connectivity index is 0.00000225. The van der Waals surface area contributed by atoms with Crippen LogP contribution < -0.4 is 56.8 Å². The summed E-state index contributed by atoms with van der Waals surface area (Å²) >= 11 is 0. The third-order valence-electron chi connectivity index (χ3n) is 1.72. The molecule has 1 aromatic rings. The number of phenolic OH excluding ortho intramolecular Hbond substituents is 1. The van der Waals surface area contributed by atoms with Crippen LogP contribution in [0.1, 0.15) is 5.56 Å². The van der Waals surface area contributed by atoms with E-state index < -0.39 is 29.9 Å². The first-order chi connectivity index (χ1) is 6.64. The molecule has 0 bridgehead atoms. The van der Waals surface area contributed by atoms with Gasteiger partial charge in [0.25, 0.3) is 0 Å². The van der Waals surface area contributed by atoms with Crippen molar-refractivity contribution in [3.8, 4) is 5.75 Å². The first kappa shape index (κ1) is 16.3. The van der Waals surface area contributed by atoms with Crippen LogP contribution in [-0.2, 0) is 6.18 Å². The van der Waals surface area contributed by atoms with Crippen LogP contribution in [0.15, 0.2) is 18.2 Å². The number of hydrogen-bond acceptors (Lipinski definition) is 1. The van der Waals surface area contributed by atoms with E-state index in [-0.39, 0.29) is 57.5 Å². The molecule has 0 saturated heterocycles. The van der Waals surface area contributed by atoms with Crippen LogP contribution in [0.4, 0.5) is 26.1 Å². The summed E-state index contributed by atoms with van der Waals surface area (Å²) in [6.45, 7) is -5.90. The fraction of sp³-hybridized carbons (Fsp3) is 0.143. The first-order valence-corrected chi connectivity index (χ1v) is 3.73. The van der Waals surface area contributed by atoms with Crippen molar-refractivity contribution in [1.29, 1.82) is 0 Å². The minimum Gasteiger partial charge on any atom is -0.511 e. The van der Waals surface area contributed by atoms with E-state index in [0.717, 1.165) is 0 Å². The summed E-state index contributed by atoms with van der Waals surface area (Å²) in [7, 11) is 0. The van der Waals surface area contributed by atoms with Gasteiger partial charge < -0.3 is 18.1 Å². The molecule has 0 atom stereocenters. The monoisotopic (exact) mass is 268 g/mol. The van der Waals surface area contributed by atoms with E-state index in [1.165, 1.54) is 0 Å². The van der Waals surface area contributed by atoms with Gasteiger partial charge in [0, 0.05) is 5.56 Å². The molecular weight excluding hydrogens is 264 g/mol. The van der Waals surface area contributed by atoms with E-state index in [2.05, 4.69) is 0 Å². The summed E-state index contributed by atoms with van der Waals surface area (Å²) < 4.78 is 73.2. The first-order valence-electron chi connectivity index (χ1n) is 3.73. The van der Waals surface area contributed by atoms with Gasteiger partial charge in [-0.1, -0.05) is 17.6 Å². The van der Waals surface area contributed by atoms with Gasteiger partial charge in [0.2, 0.25) is 0 Å². The van der Waals surface area contributed by atoms with Gasteiger partial charge >= 0.3 is 64.5 Å². The second kappa shape index (κ2) is 5.30. The summed E-state index contributed by atoms with van der Waals surface area (Å²) in [6.07, 6.45) is -5.13. The molecule has 0 aliphatic carbocycles. The summed E-state index contributed by atoms with van der Waals surface area (Å²) in [5.74, 6) is -1.41. The molecule has 0 saturated carbocycles. The molecule has 1 rings (SSSR count). The third kappa shape index (κ3) is 3.66. The molecule has 84 valence electrons. The van der Waals surface area contributed by atoms with Crippen molar-refractivity contribution in [1.82, 2.24) is 0 Å². The topological polar surface area (TPSA) is 20.2 Å². The van der Waals surface area contributed by atoms with E-state index >= 15 is 0 Å². The van der Waals surface area contributed by atoms with Crippen LogP contribution in [0.5, 0.6) is 5.75 Å². The molecule has 16 heavy (non-hydrogen) atoms. The molecule has 1 nitrogen and oxygen atoms in total. The predicted molar refractivity (Wildman–Crippen MR) is 41.8 cm³/mol. The Labute approximate surface area is 129 Å². The third-order valence-corrected chi connectivity index (χ3v) is 1.72. The van der Waals surface area contributed by atoms with Gasteiger partial charge in [0.1, 0.15) is 0 Å². The number of benzene rings is 1. The summed E-state index contributed by atoms with van der Waals surface area (Å²) in [5.41, 5.74) is -3.86. The molecule has 0 fully saturated rings. The van der Waals surface area contributed by atoms with E-state index in [0.29, 0.717) is 12.1 Å². The van der Waals surface area contributed by atoms with Crippen LogP contribution in [-0.4, -0.2) is 12.1 Å². The van der Waals surface area contributed by atoms with Crippen LogP contribution in [0.3, 0.4) is 0 Å². The molecule has 1 aromatic carbocycles. The number of hydrogen-bond donors (Lipinski definition) is 1. The van der Waals surface area contributed by atoms with Crippen molar-refractivity contribution in [2.75, 3.05) is 0 Å². The molecule has 0 spiro atoms. The number of phenols is 1. The van der Waals surface area contributed by atoms with Crippen LogP contribution in [0.25, 0.3) is 0 Å². The molecular formula is C7H4BF6KO. The quantitative estimate of drug-likeness (QED) is 0.536. The Kier molecular flexibility index (Phi) is 5.40. The smallest absolute Gasteiger partial charge is 0.511 e. The van der Waals surface area contributed by atoms with Crippen LogP contribution in [0.2, 0.25) is 0 Å². The normalized spacial score (nSPS) is 12.1. The van der Waals surface area contributed by atoms with Crippen molar-refractivity contribution in [2.45, 2.75) is 6.18 Å². The van der Waals surface area contributed by atoms with Gasteiger partial charge in [0.05, 0.1) is 5.75 Å². The maximum absolute atomic E-state index is 12.2. The maximum Gasteiger partial charge on any atom is 1.00 e. The van der Waals surface area contributed by atoms with Gasteiger partial charge in [-0.2, -0.15) is 13.2 Å². The molecule has 0 heterocycles. The van der Waals surface area contributed by atoms with Gasteiger partial charge in [-0.3, -0.25) is 0 Å². The van der Waals surface area contributed by atoms with Gasteiger partial charge in [-0.05, 0) is 6.07 Å². The summed E-state index contributed by atoms with van der Waals surface area (Å²) in [6, 6.07) is 1.56. The summed E-state index contributed by atoms with van der Waals surface area (Å²) in [5, 5.41) is 8.79. The number of aromatic hydroxyl groups is 1. The Morgan fingerprint density at radius 3 is 1.88 bits per heavy atom. The molecule has 0 aromatic heterocycles. The molecule has 1 N–H and O–H groups in total. The predicted octanol–water partition coefficient (Wildman–Crippen LogP) is -0.531. The summed E-state index contributed by atoms with van der Waals surface area (Å²) in [4.78, 5) is 0. The minimum absolute atomic E-state index is 0. The van der Waals surface area contributed by atoms with Crippen molar-refractivity contribution in [3.63, 3.8) is 0 Å². The van der Waals surface area contributed by atoms with E-state index in [1.807, 2.05) is 0 Å². The van der Waals surface area contributed by atoms with Gasteiger partial charge in [-0.15, -0.1) is 0 Å². The van der Waals surface area contributed by atoms with Gasteiger partial charge in [-0.25, -0.2) is 0 Å². The number of halogens is 6. The van der Waals surface area contributed by atoms with Gasteiger partial charge in [0.15, 0.2) is 0 Å². The second-order valence-corrected chi connectivity index (χ2v) is 2.81. The number of rotatable bonds is 1. The average Bonchev–Trinajstić information content (AvgIpc) is 1.99. The molecule has 9 heteroatoms. The molecule has 0 radical (unpaired) electrons. The van der Waals surface area contributed by atoms with E-state index in [1.54, 1.807) is 0 Å². The second-order valence-electron chi connectivity index (χ2n) is 2.81. The van der Waals surface area contributed by atoms with E-state index in [9.17, 15) is 26.1 Å². The Hall–Kier alpha value is 0.301. The van der Waals surface area contributed by atoms with Crippen molar-refractivity contribution in [3.05, 3.63) is 23.8 Å². The van der Waals surface area contributed by atoms with Crippen LogP contribution in [0, 0.1) is 0 Å². The Bertz CT molecular complexity index is 374. The van der Waals surface area contributed by atoms with Crippen LogP contribution >= 0.6 is 0 Å². The van der Waals surface area contributed by atoms with Crippen molar-refractivity contribution >= 4 is 12.4 Å². The zero-order chi connectivity index (χ0) is 11.9.